The van der Waals surface area contributed by atoms with Crippen molar-refractivity contribution in [3.8, 4) is 0 Å². The molecule has 0 aliphatic heterocycles. The molecule has 0 heterocycles. The maximum absolute atomic E-state index is 12.0. The van der Waals surface area contributed by atoms with Crippen molar-refractivity contribution in [1.29, 1.82) is 0 Å². The average Bonchev–Trinajstić information content (AvgIpc) is 2.27. The van der Waals surface area contributed by atoms with E-state index >= 15 is 0 Å². The lowest BCUT2D eigenvalue weighted by Gasteiger charge is -2.26. The molecule has 2 rings (SSSR count). The topological polar surface area (TPSA) is 49.4 Å². The van der Waals surface area contributed by atoms with Gasteiger partial charge < -0.3 is 5.32 Å². The van der Waals surface area contributed by atoms with Gasteiger partial charge in [-0.15, -0.1) is 0 Å². The Hall–Kier alpha value is -1.07. The molecule has 0 spiro atoms. The van der Waals surface area contributed by atoms with E-state index in [9.17, 15) is 8.42 Å². The van der Waals surface area contributed by atoms with Crippen LogP contribution in [0.3, 0.4) is 0 Å². The van der Waals surface area contributed by atoms with Crippen LogP contribution in [0.1, 0.15) is 19.3 Å². The lowest BCUT2D eigenvalue weighted by molar-refractivity contribution is 0.333. The highest BCUT2D eigenvalue weighted by Gasteiger charge is 2.19. The highest BCUT2D eigenvalue weighted by atomic mass is 32.2. The summed E-state index contributed by atoms with van der Waals surface area (Å²) in [5.41, 5.74) is 0.879. The van der Waals surface area contributed by atoms with Crippen LogP contribution in [0.25, 0.3) is 0 Å². The third kappa shape index (κ3) is 2.84. The van der Waals surface area contributed by atoms with Gasteiger partial charge in [0.1, 0.15) is 0 Å². The summed E-state index contributed by atoms with van der Waals surface area (Å²) in [5, 5.41) is 3.32. The van der Waals surface area contributed by atoms with E-state index in [0.29, 0.717) is 4.90 Å². The summed E-state index contributed by atoms with van der Waals surface area (Å²) in [6, 6.07) is 7.02. The zero-order chi connectivity index (χ0) is 13.2. The Morgan fingerprint density at radius 1 is 1.33 bits per heavy atom. The fraction of sp³-hybridized carbons (Fsp3) is 0.538. The quantitative estimate of drug-likeness (QED) is 0.890. The molecule has 0 bridgehead atoms. The standard InChI is InChI=1S/C13H20N2O2S/c1-15(2)18(16,17)13-8-4-7-12(9-13)14-10-11-5-3-6-11/h4,7-9,11,14H,3,5-6,10H2,1-2H3. The minimum absolute atomic E-state index is 0.339. The van der Waals surface area contributed by atoms with Gasteiger partial charge in [-0.1, -0.05) is 12.5 Å². The lowest BCUT2D eigenvalue weighted by atomic mass is 9.85. The first-order chi connectivity index (χ1) is 8.50. The number of hydrogen-bond acceptors (Lipinski definition) is 3. The molecule has 0 atom stereocenters. The fourth-order valence-electron chi connectivity index (χ4n) is 1.94. The van der Waals surface area contributed by atoms with E-state index in [2.05, 4.69) is 5.32 Å². The van der Waals surface area contributed by atoms with Gasteiger partial charge in [-0.25, -0.2) is 12.7 Å². The monoisotopic (exact) mass is 268 g/mol. The van der Waals surface area contributed by atoms with Crippen LogP contribution in [-0.4, -0.2) is 33.4 Å². The number of nitrogens with zero attached hydrogens (tertiary/aromatic N) is 1. The van der Waals surface area contributed by atoms with Crippen molar-refractivity contribution >= 4 is 15.7 Å². The van der Waals surface area contributed by atoms with Gasteiger partial charge >= 0.3 is 0 Å². The predicted octanol–water partition coefficient (Wildman–Crippen LogP) is 2.15. The van der Waals surface area contributed by atoms with Crippen LogP contribution in [-0.2, 0) is 10.0 Å². The first kappa shape index (κ1) is 13.4. The van der Waals surface area contributed by atoms with Gasteiger partial charge in [-0.05, 0) is 37.0 Å². The molecule has 5 heteroatoms. The number of hydrogen-bond donors (Lipinski definition) is 1. The molecule has 1 aliphatic carbocycles. The number of anilines is 1. The molecule has 1 aromatic carbocycles. The van der Waals surface area contributed by atoms with Crippen molar-refractivity contribution in [2.75, 3.05) is 26.0 Å². The van der Waals surface area contributed by atoms with Crippen molar-refractivity contribution < 1.29 is 8.42 Å². The van der Waals surface area contributed by atoms with Crippen LogP contribution in [0, 0.1) is 5.92 Å². The van der Waals surface area contributed by atoms with Crippen molar-refractivity contribution in [3.05, 3.63) is 24.3 Å². The van der Waals surface area contributed by atoms with Gasteiger partial charge in [0.15, 0.2) is 0 Å². The van der Waals surface area contributed by atoms with Gasteiger partial charge in [0.25, 0.3) is 0 Å². The highest BCUT2D eigenvalue weighted by Crippen LogP contribution is 2.27. The molecule has 1 aromatic rings. The summed E-state index contributed by atoms with van der Waals surface area (Å²) in [6.07, 6.45) is 3.88. The SMILES string of the molecule is CN(C)S(=O)(=O)c1cccc(NCC2CCC2)c1. The first-order valence-corrected chi connectivity index (χ1v) is 7.70. The molecule has 0 saturated heterocycles. The largest absolute Gasteiger partial charge is 0.385 e. The van der Waals surface area contributed by atoms with Crippen LogP contribution in [0.2, 0.25) is 0 Å². The van der Waals surface area contributed by atoms with Crippen molar-refractivity contribution in [3.63, 3.8) is 0 Å². The zero-order valence-corrected chi connectivity index (χ0v) is 11.7. The maximum atomic E-state index is 12.0. The van der Waals surface area contributed by atoms with E-state index in [4.69, 9.17) is 0 Å². The van der Waals surface area contributed by atoms with E-state index in [1.54, 1.807) is 32.3 Å². The van der Waals surface area contributed by atoms with Gasteiger partial charge in [0, 0.05) is 26.3 Å². The molecule has 1 fully saturated rings. The van der Waals surface area contributed by atoms with Gasteiger partial charge in [-0.3, -0.25) is 0 Å². The van der Waals surface area contributed by atoms with E-state index < -0.39 is 10.0 Å². The van der Waals surface area contributed by atoms with Crippen LogP contribution < -0.4 is 5.32 Å². The molecule has 18 heavy (non-hydrogen) atoms. The Morgan fingerprint density at radius 3 is 2.61 bits per heavy atom. The van der Waals surface area contributed by atoms with Crippen LogP contribution in [0.4, 0.5) is 5.69 Å². The molecule has 100 valence electrons. The van der Waals surface area contributed by atoms with Crippen molar-refractivity contribution in [2.24, 2.45) is 5.92 Å². The van der Waals surface area contributed by atoms with E-state index in [1.165, 1.54) is 23.6 Å². The predicted molar refractivity (Wildman–Crippen MR) is 73.1 cm³/mol. The van der Waals surface area contributed by atoms with Gasteiger partial charge in [0.05, 0.1) is 4.90 Å². The number of rotatable bonds is 5. The molecule has 1 aliphatic rings. The summed E-state index contributed by atoms with van der Waals surface area (Å²) < 4.78 is 25.2. The lowest BCUT2D eigenvalue weighted by Crippen LogP contribution is -2.23. The number of sulfonamides is 1. The molecule has 0 aromatic heterocycles. The summed E-state index contributed by atoms with van der Waals surface area (Å²) in [6.45, 7) is 0.936. The molecular formula is C13H20N2O2S. The second kappa shape index (κ2) is 5.28. The fourth-order valence-corrected chi connectivity index (χ4v) is 2.88. The molecule has 1 saturated carbocycles. The minimum Gasteiger partial charge on any atom is -0.385 e. The Kier molecular flexibility index (Phi) is 3.92. The number of nitrogens with one attached hydrogen (secondary N) is 1. The smallest absolute Gasteiger partial charge is 0.242 e. The number of benzene rings is 1. The maximum Gasteiger partial charge on any atom is 0.242 e. The Bertz CT molecular complexity index is 507. The zero-order valence-electron chi connectivity index (χ0n) is 10.9. The van der Waals surface area contributed by atoms with E-state index in [1.807, 2.05) is 6.07 Å². The van der Waals surface area contributed by atoms with Crippen molar-refractivity contribution in [1.82, 2.24) is 4.31 Å². The van der Waals surface area contributed by atoms with Crippen LogP contribution in [0.5, 0.6) is 0 Å². The molecule has 0 amide bonds. The summed E-state index contributed by atoms with van der Waals surface area (Å²) >= 11 is 0. The first-order valence-electron chi connectivity index (χ1n) is 6.26. The summed E-state index contributed by atoms with van der Waals surface area (Å²) in [7, 11) is -0.245. The van der Waals surface area contributed by atoms with Gasteiger partial charge in [-0.2, -0.15) is 0 Å². The van der Waals surface area contributed by atoms with E-state index in [0.717, 1.165) is 18.2 Å². The second-order valence-electron chi connectivity index (χ2n) is 4.99. The Morgan fingerprint density at radius 2 is 2.06 bits per heavy atom. The molecule has 1 N–H and O–H groups in total. The summed E-state index contributed by atoms with van der Waals surface area (Å²) in [4.78, 5) is 0.339. The summed E-state index contributed by atoms with van der Waals surface area (Å²) in [5.74, 6) is 0.749. The Labute approximate surface area is 109 Å². The average molecular weight is 268 g/mol. The molecular weight excluding hydrogens is 248 g/mol. The minimum atomic E-state index is -3.34. The van der Waals surface area contributed by atoms with Gasteiger partial charge in [0.2, 0.25) is 10.0 Å². The van der Waals surface area contributed by atoms with Crippen molar-refractivity contribution in [2.45, 2.75) is 24.2 Å². The second-order valence-corrected chi connectivity index (χ2v) is 7.14. The molecule has 0 radical (unpaired) electrons. The molecule has 0 unspecified atom stereocenters. The third-order valence-corrected chi connectivity index (χ3v) is 5.24. The molecule has 4 nitrogen and oxygen atoms in total. The Balaban J connectivity index is 2.09. The van der Waals surface area contributed by atoms with Crippen LogP contribution in [0.15, 0.2) is 29.2 Å². The third-order valence-electron chi connectivity index (χ3n) is 3.43. The highest BCUT2D eigenvalue weighted by molar-refractivity contribution is 7.89. The normalized spacial score (nSPS) is 16.6. The van der Waals surface area contributed by atoms with E-state index in [-0.39, 0.29) is 0 Å². The van der Waals surface area contributed by atoms with Crippen LogP contribution >= 0.6 is 0 Å².